The molecule has 8 saturated carbocycles. The number of carbonyl (C=O) groups excluding carboxylic acids is 3. The van der Waals surface area contributed by atoms with Crippen LogP contribution in [0.2, 0.25) is 0 Å². The van der Waals surface area contributed by atoms with E-state index in [0.717, 1.165) is 57.8 Å². The molecule has 2 amide bonds. The first-order valence-electron chi connectivity index (χ1n) is 16.1. The summed E-state index contributed by atoms with van der Waals surface area (Å²) in [5, 5.41) is 16.1. The maximum absolute atomic E-state index is 12.4. The summed E-state index contributed by atoms with van der Waals surface area (Å²) in [6.07, 6.45) is 11.5. The summed E-state index contributed by atoms with van der Waals surface area (Å²) in [6.45, 7) is 11.5. The van der Waals surface area contributed by atoms with E-state index in [4.69, 9.17) is 14.2 Å². The number of alkyl carbamates (subject to hydrolysis) is 2. The van der Waals surface area contributed by atoms with E-state index < -0.39 is 16.6 Å². The van der Waals surface area contributed by atoms with Gasteiger partial charge in [0.2, 0.25) is 0 Å². The fourth-order valence-corrected chi connectivity index (χ4v) is 10.7. The molecule has 9 heteroatoms. The van der Waals surface area contributed by atoms with Gasteiger partial charge in [0.05, 0.1) is 12.5 Å². The van der Waals surface area contributed by atoms with Crippen LogP contribution < -0.4 is 10.6 Å². The van der Waals surface area contributed by atoms with Crippen molar-refractivity contribution in [3.63, 3.8) is 0 Å². The maximum Gasteiger partial charge on any atom is 0.408 e. The van der Waals surface area contributed by atoms with Crippen molar-refractivity contribution in [3.8, 4) is 0 Å². The topological polar surface area (TPSA) is 123 Å². The van der Waals surface area contributed by atoms with Crippen LogP contribution in [0, 0.1) is 34.5 Å². The molecule has 0 aromatic rings. The fourth-order valence-electron chi connectivity index (χ4n) is 10.7. The van der Waals surface area contributed by atoms with Crippen LogP contribution in [0.25, 0.3) is 0 Å². The number of methoxy groups -OCH3 is 1. The van der Waals surface area contributed by atoms with Gasteiger partial charge in [-0.1, -0.05) is 0 Å². The number of carbonyl (C=O) groups is 3. The normalized spacial score (nSPS) is 41.0. The molecule has 42 heavy (non-hydrogen) atoms. The molecule has 0 radical (unpaired) electrons. The van der Waals surface area contributed by atoms with Gasteiger partial charge in [0, 0.05) is 17.7 Å². The molecule has 8 rings (SSSR count). The second-order valence-electron chi connectivity index (χ2n) is 17.2. The Balaban J connectivity index is 0.000000169. The van der Waals surface area contributed by atoms with Gasteiger partial charge in [0.25, 0.3) is 0 Å². The minimum atomic E-state index is -0.508. The number of ether oxygens (including phenoxy) is 3. The number of aliphatic hydroxyl groups is 1. The monoisotopic (exact) mass is 590 g/mol. The first kappa shape index (κ1) is 31.4. The summed E-state index contributed by atoms with van der Waals surface area (Å²) >= 11 is 0. The summed E-state index contributed by atoms with van der Waals surface area (Å²) in [4.78, 5) is 36.7. The lowest BCUT2D eigenvalue weighted by molar-refractivity contribution is -0.171. The van der Waals surface area contributed by atoms with Crippen LogP contribution in [0.1, 0.15) is 119 Å². The van der Waals surface area contributed by atoms with E-state index in [9.17, 15) is 19.5 Å². The van der Waals surface area contributed by atoms with Crippen molar-refractivity contribution in [2.24, 2.45) is 34.5 Å². The molecular formula is C33H54N2O7. The predicted molar refractivity (Wildman–Crippen MR) is 158 cm³/mol. The van der Waals surface area contributed by atoms with Crippen LogP contribution in [-0.2, 0) is 19.0 Å². The zero-order valence-electron chi connectivity index (χ0n) is 26.9. The van der Waals surface area contributed by atoms with E-state index in [0.29, 0.717) is 30.1 Å². The van der Waals surface area contributed by atoms with E-state index in [1.807, 2.05) is 41.5 Å². The Morgan fingerprint density at radius 1 is 0.690 bits per heavy atom. The van der Waals surface area contributed by atoms with Crippen molar-refractivity contribution < 1.29 is 33.7 Å². The molecule has 8 aliphatic carbocycles. The number of esters is 1. The van der Waals surface area contributed by atoms with Gasteiger partial charge in [-0.15, -0.1) is 0 Å². The lowest BCUT2D eigenvalue weighted by Crippen LogP contribution is -2.65. The SMILES string of the molecule is CC(C)(C)OC(=O)NC12CC3CC(CC(CO)(C3)C1)C2.COC(=O)C12CC3CC(CC(NC(=O)OC(C)(C)C)(C3)C1)C2. The Morgan fingerprint density at radius 2 is 1.10 bits per heavy atom. The van der Waals surface area contributed by atoms with Gasteiger partial charge in [0.1, 0.15) is 11.2 Å². The summed E-state index contributed by atoms with van der Waals surface area (Å²) in [6, 6.07) is 0. The van der Waals surface area contributed by atoms with Crippen molar-refractivity contribution in [1.82, 2.24) is 10.6 Å². The highest BCUT2D eigenvalue weighted by molar-refractivity contribution is 5.78. The van der Waals surface area contributed by atoms with Crippen LogP contribution in [0.4, 0.5) is 9.59 Å². The average Bonchev–Trinajstić information content (AvgIpc) is 2.79. The Bertz CT molecular complexity index is 1050. The van der Waals surface area contributed by atoms with E-state index in [2.05, 4.69) is 10.6 Å². The molecule has 0 aliphatic heterocycles. The van der Waals surface area contributed by atoms with Crippen molar-refractivity contribution in [1.29, 1.82) is 0 Å². The Kier molecular flexibility index (Phi) is 7.89. The summed E-state index contributed by atoms with van der Waals surface area (Å²) in [7, 11) is 1.47. The first-order valence-corrected chi connectivity index (χ1v) is 16.1. The van der Waals surface area contributed by atoms with Gasteiger partial charge < -0.3 is 30.0 Å². The zero-order chi connectivity index (χ0) is 30.8. The third-order valence-corrected chi connectivity index (χ3v) is 10.7. The van der Waals surface area contributed by atoms with Crippen molar-refractivity contribution in [3.05, 3.63) is 0 Å². The molecule has 0 heterocycles. The van der Waals surface area contributed by atoms with Crippen LogP contribution in [0.3, 0.4) is 0 Å². The molecule has 238 valence electrons. The van der Waals surface area contributed by atoms with Crippen molar-refractivity contribution in [2.45, 2.75) is 141 Å². The number of rotatable bonds is 4. The van der Waals surface area contributed by atoms with Crippen molar-refractivity contribution >= 4 is 18.2 Å². The van der Waals surface area contributed by atoms with Crippen LogP contribution in [-0.4, -0.2) is 59.3 Å². The molecular weight excluding hydrogens is 536 g/mol. The number of hydrogen-bond acceptors (Lipinski definition) is 7. The van der Waals surface area contributed by atoms with E-state index in [1.54, 1.807) is 0 Å². The Labute approximate surface area is 251 Å². The van der Waals surface area contributed by atoms with Crippen molar-refractivity contribution in [2.75, 3.05) is 13.7 Å². The van der Waals surface area contributed by atoms with Gasteiger partial charge in [-0.2, -0.15) is 0 Å². The van der Waals surface area contributed by atoms with Crippen LogP contribution in [0.5, 0.6) is 0 Å². The van der Waals surface area contributed by atoms with E-state index in [-0.39, 0.29) is 41.3 Å². The summed E-state index contributed by atoms with van der Waals surface area (Å²) in [5.41, 5.74) is -1.73. The number of hydrogen-bond donors (Lipinski definition) is 3. The molecule has 0 saturated heterocycles. The Morgan fingerprint density at radius 3 is 1.48 bits per heavy atom. The molecule has 8 bridgehead atoms. The lowest BCUT2D eigenvalue weighted by Gasteiger charge is -2.61. The van der Waals surface area contributed by atoms with Gasteiger partial charge in [-0.05, 0) is 148 Å². The third-order valence-electron chi connectivity index (χ3n) is 10.7. The quantitative estimate of drug-likeness (QED) is 0.277. The second kappa shape index (κ2) is 10.6. The molecule has 8 fully saturated rings. The molecule has 0 aromatic heterocycles. The first-order chi connectivity index (χ1) is 19.4. The Hall–Kier alpha value is -2.03. The predicted octanol–water partition coefficient (Wildman–Crippen LogP) is 5.87. The largest absolute Gasteiger partial charge is 0.469 e. The van der Waals surface area contributed by atoms with Gasteiger partial charge >= 0.3 is 18.2 Å². The van der Waals surface area contributed by atoms with E-state index in [1.165, 1.54) is 20.0 Å². The zero-order valence-corrected chi connectivity index (χ0v) is 26.9. The lowest BCUT2D eigenvalue weighted by atomic mass is 9.47. The van der Waals surface area contributed by atoms with Crippen LogP contribution >= 0.6 is 0 Å². The standard InChI is InChI=1S/C17H27NO4.C16H27NO3/c1-15(2,3)22-14(20)18-17-8-11-5-12(9-17)7-16(6-11,10-17)13(19)21-4;1-14(2,3)20-13(19)17-16-7-11-4-12(8-16)6-15(5-11,9-16)10-18/h11-12H,5-10H2,1-4H3,(H,18,20);11-12,18H,4-10H2,1-3H3,(H,17,19). The minimum absolute atomic E-state index is 0.0547. The fraction of sp³-hybridized carbons (Fsp3) is 0.909. The maximum atomic E-state index is 12.4. The smallest absolute Gasteiger partial charge is 0.408 e. The molecule has 4 unspecified atom stereocenters. The summed E-state index contributed by atoms with van der Waals surface area (Å²) < 4.78 is 15.9. The van der Waals surface area contributed by atoms with Crippen LogP contribution in [0.15, 0.2) is 0 Å². The number of aliphatic hydroxyl groups excluding tert-OH is 1. The highest BCUT2D eigenvalue weighted by Crippen LogP contribution is 2.63. The average molecular weight is 591 g/mol. The van der Waals surface area contributed by atoms with Gasteiger partial charge in [0.15, 0.2) is 0 Å². The molecule has 0 spiro atoms. The second-order valence-corrected chi connectivity index (χ2v) is 17.2. The highest BCUT2D eigenvalue weighted by Gasteiger charge is 2.62. The molecule has 9 nitrogen and oxygen atoms in total. The molecule has 3 N–H and O–H groups in total. The molecule has 8 aliphatic rings. The summed E-state index contributed by atoms with van der Waals surface area (Å²) in [5.74, 6) is 2.25. The number of amides is 2. The van der Waals surface area contributed by atoms with E-state index >= 15 is 0 Å². The van der Waals surface area contributed by atoms with Gasteiger partial charge in [-0.3, -0.25) is 4.79 Å². The molecule has 0 aromatic carbocycles. The number of nitrogens with one attached hydrogen (secondary N) is 2. The highest BCUT2D eigenvalue weighted by atomic mass is 16.6. The third kappa shape index (κ3) is 6.56. The minimum Gasteiger partial charge on any atom is -0.469 e. The van der Waals surface area contributed by atoms with Gasteiger partial charge in [-0.25, -0.2) is 9.59 Å². The molecule has 4 atom stereocenters.